The van der Waals surface area contributed by atoms with Crippen molar-refractivity contribution in [1.29, 1.82) is 0 Å². The number of rotatable bonds is 5. The lowest BCUT2D eigenvalue weighted by molar-refractivity contribution is 0.142. The minimum Gasteiger partial charge on any atom is -0.336 e. The van der Waals surface area contributed by atoms with Crippen LogP contribution >= 0.6 is 0 Å². The Bertz CT molecular complexity index is 341. The van der Waals surface area contributed by atoms with E-state index < -0.39 is 0 Å². The summed E-state index contributed by atoms with van der Waals surface area (Å²) in [7, 11) is 2.05. The molecule has 1 aromatic rings. The number of aryl methyl sites for hydroxylation is 1. The summed E-state index contributed by atoms with van der Waals surface area (Å²) in [6.45, 7) is 3.97. The van der Waals surface area contributed by atoms with Gasteiger partial charge in [0.25, 0.3) is 0 Å². The number of hydrogen-bond donors (Lipinski definition) is 1. The third kappa shape index (κ3) is 2.53. The Morgan fingerprint density at radius 3 is 2.71 bits per heavy atom. The van der Waals surface area contributed by atoms with Crippen LogP contribution in [0.25, 0.3) is 0 Å². The molecule has 2 rings (SSSR count). The van der Waals surface area contributed by atoms with Crippen LogP contribution in [0, 0.1) is 0 Å². The van der Waals surface area contributed by atoms with Gasteiger partial charge in [-0.3, -0.25) is 4.90 Å². The molecule has 1 atom stereocenters. The first-order valence-electron chi connectivity index (χ1n) is 6.70. The van der Waals surface area contributed by atoms with E-state index in [0.29, 0.717) is 18.6 Å². The van der Waals surface area contributed by atoms with Crippen LogP contribution in [0.5, 0.6) is 0 Å². The molecule has 0 aromatic carbocycles. The summed E-state index contributed by atoms with van der Waals surface area (Å²) in [5, 5.41) is 0. The fraction of sp³-hybridized carbons (Fsp3) is 0.769. The normalized spacial score (nSPS) is 19.1. The molecule has 1 aliphatic rings. The van der Waals surface area contributed by atoms with Crippen LogP contribution in [0.4, 0.5) is 0 Å². The van der Waals surface area contributed by atoms with Gasteiger partial charge in [-0.15, -0.1) is 0 Å². The molecule has 1 aromatic heterocycles. The highest BCUT2D eigenvalue weighted by molar-refractivity contribution is 5.07. The van der Waals surface area contributed by atoms with Gasteiger partial charge < -0.3 is 10.3 Å². The van der Waals surface area contributed by atoms with Gasteiger partial charge in [-0.1, -0.05) is 19.8 Å². The van der Waals surface area contributed by atoms with Crippen molar-refractivity contribution < 1.29 is 0 Å². The molecule has 1 unspecified atom stereocenters. The Morgan fingerprint density at radius 1 is 1.53 bits per heavy atom. The van der Waals surface area contributed by atoms with E-state index in [1.54, 1.807) is 0 Å². The lowest BCUT2D eigenvalue weighted by Crippen LogP contribution is -2.40. The van der Waals surface area contributed by atoms with Crippen molar-refractivity contribution in [3.05, 3.63) is 18.2 Å². The lowest BCUT2D eigenvalue weighted by Gasteiger charge is -2.35. The fourth-order valence-electron chi connectivity index (χ4n) is 3.08. The zero-order valence-corrected chi connectivity index (χ0v) is 11.0. The van der Waals surface area contributed by atoms with Crippen molar-refractivity contribution in [3.8, 4) is 0 Å². The van der Waals surface area contributed by atoms with E-state index in [1.807, 2.05) is 19.6 Å². The molecule has 0 bridgehead atoms. The van der Waals surface area contributed by atoms with Gasteiger partial charge >= 0.3 is 0 Å². The largest absolute Gasteiger partial charge is 0.336 e. The Hall–Kier alpha value is -0.870. The van der Waals surface area contributed by atoms with Crippen molar-refractivity contribution in [1.82, 2.24) is 14.5 Å². The van der Waals surface area contributed by atoms with Gasteiger partial charge in [0.2, 0.25) is 0 Å². The molecule has 96 valence electrons. The van der Waals surface area contributed by atoms with Gasteiger partial charge in [-0.05, 0) is 19.4 Å². The number of aromatic nitrogens is 2. The quantitative estimate of drug-likeness (QED) is 0.846. The lowest BCUT2D eigenvalue weighted by atomic mass is 10.1. The van der Waals surface area contributed by atoms with Crippen molar-refractivity contribution in [2.75, 3.05) is 13.1 Å². The van der Waals surface area contributed by atoms with Gasteiger partial charge in [0.05, 0.1) is 18.1 Å². The third-order valence-corrected chi connectivity index (χ3v) is 3.98. The monoisotopic (exact) mass is 236 g/mol. The first-order valence-corrected chi connectivity index (χ1v) is 6.70. The second-order valence-corrected chi connectivity index (χ2v) is 4.95. The number of likely N-dealkylation sites (N-methyl/N-ethyl adjacent to an activating group) is 1. The summed E-state index contributed by atoms with van der Waals surface area (Å²) in [5.74, 6) is 0. The molecule has 2 N–H and O–H groups in total. The number of nitrogens with two attached hydrogens (primary N) is 1. The molecule has 4 nitrogen and oxygen atoms in total. The highest BCUT2D eigenvalue weighted by atomic mass is 15.2. The molecule has 0 spiro atoms. The summed E-state index contributed by atoms with van der Waals surface area (Å²) in [6.07, 6.45) is 9.19. The second kappa shape index (κ2) is 5.65. The van der Waals surface area contributed by atoms with E-state index in [0.717, 1.165) is 6.54 Å². The Labute approximate surface area is 104 Å². The predicted molar refractivity (Wildman–Crippen MR) is 69.6 cm³/mol. The number of hydrogen-bond acceptors (Lipinski definition) is 3. The van der Waals surface area contributed by atoms with Crippen LogP contribution < -0.4 is 5.73 Å². The first kappa shape index (κ1) is 12.6. The van der Waals surface area contributed by atoms with Crippen LogP contribution in [0.3, 0.4) is 0 Å². The van der Waals surface area contributed by atoms with E-state index in [9.17, 15) is 0 Å². The molecule has 1 fully saturated rings. The van der Waals surface area contributed by atoms with E-state index in [4.69, 9.17) is 5.73 Å². The predicted octanol–water partition coefficient (Wildman–Crippen LogP) is 1.68. The Kier molecular flexibility index (Phi) is 4.18. The van der Waals surface area contributed by atoms with Gasteiger partial charge in [0, 0.05) is 25.8 Å². The average Bonchev–Trinajstić information content (AvgIpc) is 2.97. The zero-order valence-electron chi connectivity index (χ0n) is 11.0. The third-order valence-electron chi connectivity index (χ3n) is 3.98. The highest BCUT2D eigenvalue weighted by Crippen LogP contribution is 2.30. The zero-order chi connectivity index (χ0) is 12.3. The fourth-order valence-corrected chi connectivity index (χ4v) is 3.08. The molecule has 0 saturated heterocycles. The van der Waals surface area contributed by atoms with Crippen molar-refractivity contribution in [2.24, 2.45) is 12.8 Å². The van der Waals surface area contributed by atoms with Gasteiger partial charge in [-0.2, -0.15) is 0 Å². The smallest absolute Gasteiger partial charge is 0.0946 e. The molecule has 0 radical (unpaired) electrons. The topological polar surface area (TPSA) is 47.1 Å². The summed E-state index contributed by atoms with van der Waals surface area (Å²) < 4.78 is 2.09. The van der Waals surface area contributed by atoms with Gasteiger partial charge in [-0.25, -0.2) is 4.98 Å². The molecular formula is C13H24N4. The van der Waals surface area contributed by atoms with Crippen LogP contribution in [0.2, 0.25) is 0 Å². The van der Waals surface area contributed by atoms with E-state index in [-0.39, 0.29) is 0 Å². The first-order chi connectivity index (χ1) is 8.27. The van der Waals surface area contributed by atoms with Gasteiger partial charge in [0.15, 0.2) is 0 Å². The minimum absolute atomic E-state index is 0.315. The molecule has 1 saturated carbocycles. The van der Waals surface area contributed by atoms with Crippen molar-refractivity contribution in [3.63, 3.8) is 0 Å². The minimum atomic E-state index is 0.315. The summed E-state index contributed by atoms with van der Waals surface area (Å²) >= 11 is 0. The van der Waals surface area contributed by atoms with E-state index in [1.165, 1.54) is 31.4 Å². The maximum atomic E-state index is 5.99. The Morgan fingerprint density at radius 2 is 2.24 bits per heavy atom. The molecule has 0 aliphatic heterocycles. The highest BCUT2D eigenvalue weighted by Gasteiger charge is 2.28. The molecular weight excluding hydrogens is 212 g/mol. The number of imidazole rings is 1. The maximum absolute atomic E-state index is 5.99. The van der Waals surface area contributed by atoms with E-state index in [2.05, 4.69) is 21.4 Å². The summed E-state index contributed by atoms with van der Waals surface area (Å²) in [5.41, 5.74) is 7.23. The molecule has 1 aliphatic carbocycles. The molecule has 0 amide bonds. The summed E-state index contributed by atoms with van der Waals surface area (Å²) in [4.78, 5) is 6.77. The molecule has 17 heavy (non-hydrogen) atoms. The number of nitrogens with zero attached hydrogens (tertiary/aromatic N) is 3. The van der Waals surface area contributed by atoms with Crippen molar-refractivity contribution >= 4 is 0 Å². The average molecular weight is 236 g/mol. The summed E-state index contributed by atoms with van der Waals surface area (Å²) in [6, 6.07) is 1.03. The SMILES string of the molecule is CCN(C1CCCC1)C(CN)c1cncn1C. The van der Waals surface area contributed by atoms with Crippen LogP contribution in [0.1, 0.15) is 44.3 Å². The molecule has 4 heteroatoms. The Balaban J connectivity index is 2.18. The van der Waals surface area contributed by atoms with Crippen LogP contribution in [-0.2, 0) is 7.05 Å². The van der Waals surface area contributed by atoms with E-state index >= 15 is 0 Å². The van der Waals surface area contributed by atoms with Crippen LogP contribution in [-0.4, -0.2) is 33.6 Å². The van der Waals surface area contributed by atoms with Gasteiger partial charge in [0.1, 0.15) is 0 Å². The second-order valence-electron chi connectivity index (χ2n) is 4.95. The van der Waals surface area contributed by atoms with Crippen molar-refractivity contribution in [2.45, 2.75) is 44.7 Å². The maximum Gasteiger partial charge on any atom is 0.0946 e. The molecule has 1 heterocycles. The van der Waals surface area contributed by atoms with Crippen LogP contribution in [0.15, 0.2) is 12.5 Å². The standard InChI is InChI=1S/C13H24N4/c1-3-17(11-6-4-5-7-11)12(8-14)13-9-15-10-16(13)2/h9-12H,3-8,14H2,1-2H3.